The minimum atomic E-state index is -3.23. The fourth-order valence-electron chi connectivity index (χ4n) is 3.24. The van der Waals surface area contributed by atoms with E-state index in [4.69, 9.17) is 4.74 Å². The Kier molecular flexibility index (Phi) is 6.05. The lowest BCUT2D eigenvalue weighted by Gasteiger charge is -2.34. The highest BCUT2D eigenvalue weighted by Crippen LogP contribution is 2.29. The second-order valence-corrected chi connectivity index (χ2v) is 10.2. The molecule has 2 aromatic rings. The first kappa shape index (κ1) is 20.1. The van der Waals surface area contributed by atoms with Crippen molar-refractivity contribution in [2.45, 2.75) is 50.5 Å². The lowest BCUT2D eigenvalue weighted by molar-refractivity contribution is 0.132. The molecule has 1 saturated heterocycles. The maximum Gasteiger partial charge on any atom is 0.205 e. The zero-order chi connectivity index (χ0) is 19.6. The van der Waals surface area contributed by atoms with E-state index >= 15 is 0 Å². The van der Waals surface area contributed by atoms with Crippen LogP contribution in [0.1, 0.15) is 45.4 Å². The van der Waals surface area contributed by atoms with E-state index in [0.29, 0.717) is 22.5 Å². The highest BCUT2D eigenvalue weighted by molar-refractivity contribution is 7.90. The van der Waals surface area contributed by atoms with E-state index in [-0.39, 0.29) is 6.10 Å². The highest BCUT2D eigenvalue weighted by atomic mass is 32.2. The molecule has 1 atom stereocenters. The molecule has 1 aromatic heterocycles. The minimum absolute atomic E-state index is 0.0302. The molecule has 1 fully saturated rings. The predicted molar refractivity (Wildman–Crippen MR) is 109 cm³/mol. The van der Waals surface area contributed by atoms with Gasteiger partial charge in [0.05, 0.1) is 11.0 Å². The number of ether oxygens (including phenoxy) is 1. The van der Waals surface area contributed by atoms with Crippen LogP contribution in [0.5, 0.6) is 5.75 Å². The molecular weight excluding hydrogens is 382 g/mol. The highest BCUT2D eigenvalue weighted by Gasteiger charge is 2.27. The van der Waals surface area contributed by atoms with Crippen LogP contribution in [-0.4, -0.2) is 43.2 Å². The third-order valence-corrected chi connectivity index (χ3v) is 6.88. The molecule has 0 radical (unpaired) electrons. The molecule has 1 unspecified atom stereocenters. The number of sulfone groups is 1. The monoisotopic (exact) mass is 409 g/mol. The summed E-state index contributed by atoms with van der Waals surface area (Å²) in [6.45, 7) is 8.16. The van der Waals surface area contributed by atoms with Gasteiger partial charge in [0.1, 0.15) is 11.6 Å². The summed E-state index contributed by atoms with van der Waals surface area (Å²) in [5, 5.41) is 1.01. The summed E-state index contributed by atoms with van der Waals surface area (Å²) in [6, 6.07) is 6.74. The first-order valence-electron chi connectivity index (χ1n) is 9.29. The Morgan fingerprint density at radius 3 is 2.52 bits per heavy atom. The maximum absolute atomic E-state index is 11.7. The van der Waals surface area contributed by atoms with Crippen LogP contribution in [0.4, 0.5) is 5.13 Å². The molecule has 0 bridgehead atoms. The maximum atomic E-state index is 11.7. The van der Waals surface area contributed by atoms with Crippen LogP contribution in [0.25, 0.3) is 0 Å². The zero-order valence-electron chi connectivity index (χ0n) is 16.3. The molecule has 6 nitrogen and oxygen atoms in total. The largest absolute Gasteiger partial charge is 0.490 e. The van der Waals surface area contributed by atoms with Crippen LogP contribution >= 0.6 is 11.5 Å². The van der Waals surface area contributed by atoms with Crippen molar-refractivity contribution >= 4 is 26.5 Å². The van der Waals surface area contributed by atoms with Gasteiger partial charge in [-0.25, -0.2) is 13.4 Å². The number of benzene rings is 1. The number of hydrogen-bond acceptors (Lipinski definition) is 7. The average molecular weight is 410 g/mol. The van der Waals surface area contributed by atoms with Crippen LogP contribution in [-0.2, 0) is 9.84 Å². The summed E-state index contributed by atoms with van der Waals surface area (Å²) in [6.07, 6.45) is 3.28. The van der Waals surface area contributed by atoms with E-state index in [1.165, 1.54) is 17.8 Å². The van der Waals surface area contributed by atoms with E-state index in [9.17, 15) is 8.42 Å². The van der Waals surface area contributed by atoms with Crippen molar-refractivity contribution in [2.24, 2.45) is 5.92 Å². The van der Waals surface area contributed by atoms with Crippen molar-refractivity contribution < 1.29 is 13.2 Å². The quantitative estimate of drug-likeness (QED) is 0.723. The smallest absolute Gasteiger partial charge is 0.205 e. The van der Waals surface area contributed by atoms with Gasteiger partial charge in [-0.15, -0.1) is 0 Å². The second kappa shape index (κ2) is 8.14. The average Bonchev–Trinajstić information content (AvgIpc) is 3.12. The number of hydrogen-bond donors (Lipinski definition) is 0. The molecule has 27 heavy (non-hydrogen) atoms. The SMILES string of the molecule is CC(C)c1nsc(N2CCC(C(C)Oc3cccc(S(C)(=O)=O)c3)CC2)n1. The molecule has 0 spiro atoms. The van der Waals surface area contributed by atoms with Gasteiger partial charge in [0.2, 0.25) is 5.13 Å². The van der Waals surface area contributed by atoms with Gasteiger partial charge < -0.3 is 9.64 Å². The summed E-state index contributed by atoms with van der Waals surface area (Å²) in [5.74, 6) is 2.31. The van der Waals surface area contributed by atoms with Gasteiger partial charge in [0.25, 0.3) is 0 Å². The number of nitrogens with zero attached hydrogens (tertiary/aromatic N) is 3. The van der Waals surface area contributed by atoms with Gasteiger partial charge in [0, 0.05) is 36.8 Å². The van der Waals surface area contributed by atoms with Crippen LogP contribution in [0.2, 0.25) is 0 Å². The number of piperidine rings is 1. The van der Waals surface area contributed by atoms with E-state index in [0.717, 1.165) is 36.9 Å². The van der Waals surface area contributed by atoms with Gasteiger partial charge in [-0.2, -0.15) is 4.37 Å². The summed E-state index contributed by atoms with van der Waals surface area (Å²) < 4.78 is 33.9. The Morgan fingerprint density at radius 2 is 1.93 bits per heavy atom. The van der Waals surface area contributed by atoms with Crippen molar-refractivity contribution in [3.63, 3.8) is 0 Å². The van der Waals surface area contributed by atoms with Crippen molar-refractivity contribution in [1.82, 2.24) is 9.36 Å². The normalized spacial score (nSPS) is 17.3. The number of aromatic nitrogens is 2. The first-order chi connectivity index (χ1) is 12.7. The van der Waals surface area contributed by atoms with Crippen molar-refractivity contribution in [3.05, 3.63) is 30.1 Å². The Bertz CT molecular complexity index is 872. The summed E-state index contributed by atoms with van der Waals surface area (Å²) in [5.41, 5.74) is 0. The Balaban J connectivity index is 1.57. The van der Waals surface area contributed by atoms with Gasteiger partial charge >= 0.3 is 0 Å². The molecule has 0 saturated carbocycles. The van der Waals surface area contributed by atoms with Crippen molar-refractivity contribution in [3.8, 4) is 5.75 Å². The van der Waals surface area contributed by atoms with Gasteiger partial charge in [-0.3, -0.25) is 0 Å². The molecule has 2 heterocycles. The molecule has 1 aliphatic heterocycles. The van der Waals surface area contributed by atoms with Crippen LogP contribution in [0.15, 0.2) is 29.2 Å². The predicted octanol–water partition coefficient (Wildman–Crippen LogP) is 3.75. The molecule has 8 heteroatoms. The Hall–Kier alpha value is -1.67. The van der Waals surface area contributed by atoms with Crippen LogP contribution in [0.3, 0.4) is 0 Å². The lowest BCUT2D eigenvalue weighted by atomic mass is 9.92. The van der Waals surface area contributed by atoms with Gasteiger partial charge in [-0.05, 0) is 43.9 Å². The van der Waals surface area contributed by atoms with Gasteiger partial charge in [-0.1, -0.05) is 19.9 Å². The van der Waals surface area contributed by atoms with Crippen molar-refractivity contribution in [1.29, 1.82) is 0 Å². The number of anilines is 1. The fraction of sp³-hybridized carbons (Fsp3) is 0.579. The van der Waals surface area contributed by atoms with Gasteiger partial charge in [0.15, 0.2) is 9.84 Å². The molecule has 1 aliphatic rings. The van der Waals surface area contributed by atoms with E-state index in [1.54, 1.807) is 18.2 Å². The molecule has 3 rings (SSSR count). The lowest BCUT2D eigenvalue weighted by Crippen LogP contribution is -2.38. The molecule has 0 amide bonds. The third kappa shape index (κ3) is 4.99. The molecule has 148 valence electrons. The summed E-state index contributed by atoms with van der Waals surface area (Å²) in [4.78, 5) is 7.24. The minimum Gasteiger partial charge on any atom is -0.490 e. The zero-order valence-corrected chi connectivity index (χ0v) is 17.9. The van der Waals surface area contributed by atoms with Crippen LogP contribution in [0, 0.1) is 5.92 Å². The first-order valence-corrected chi connectivity index (χ1v) is 12.0. The molecule has 0 aliphatic carbocycles. The number of rotatable bonds is 6. The van der Waals surface area contributed by atoms with E-state index in [1.807, 2.05) is 6.07 Å². The molecular formula is C19H27N3O3S2. The topological polar surface area (TPSA) is 72.4 Å². The summed E-state index contributed by atoms with van der Waals surface area (Å²) in [7, 11) is -3.23. The summed E-state index contributed by atoms with van der Waals surface area (Å²) >= 11 is 1.48. The van der Waals surface area contributed by atoms with E-state index < -0.39 is 9.84 Å². The van der Waals surface area contributed by atoms with Crippen molar-refractivity contribution in [2.75, 3.05) is 24.2 Å². The third-order valence-electron chi connectivity index (χ3n) is 4.98. The molecule has 1 aromatic carbocycles. The van der Waals surface area contributed by atoms with Crippen LogP contribution < -0.4 is 9.64 Å². The fourth-order valence-corrected chi connectivity index (χ4v) is 4.75. The second-order valence-electron chi connectivity index (χ2n) is 7.48. The Morgan fingerprint density at radius 1 is 1.22 bits per heavy atom. The molecule has 0 N–H and O–H groups in total. The Labute approximate surface area is 165 Å². The van der Waals surface area contributed by atoms with E-state index in [2.05, 4.69) is 35.0 Å². The standard InChI is InChI=1S/C19H27N3O3S2/c1-13(2)18-20-19(26-21-18)22-10-8-15(9-11-22)14(3)25-16-6-5-7-17(12-16)27(4,23)24/h5-7,12-15H,8-11H2,1-4H3.